The van der Waals surface area contributed by atoms with Crippen molar-refractivity contribution in [2.24, 2.45) is 0 Å². The maximum Gasteiger partial charge on any atom is 0.407 e. The number of nitrogens with zero attached hydrogens (tertiary/aromatic N) is 4. The van der Waals surface area contributed by atoms with E-state index in [0.717, 1.165) is 36.3 Å². The second-order valence-corrected chi connectivity index (χ2v) is 9.48. The van der Waals surface area contributed by atoms with Gasteiger partial charge < -0.3 is 20.2 Å². The van der Waals surface area contributed by atoms with E-state index in [0.29, 0.717) is 32.7 Å². The van der Waals surface area contributed by atoms with Crippen LogP contribution in [0.3, 0.4) is 0 Å². The van der Waals surface area contributed by atoms with Crippen molar-refractivity contribution in [2.75, 3.05) is 50.0 Å². The topological polar surface area (TPSA) is 79.4 Å². The number of benzene rings is 2. The van der Waals surface area contributed by atoms with Gasteiger partial charge in [0, 0.05) is 69.8 Å². The number of rotatable bonds is 5. The number of carbonyl (C=O) groups excluding carboxylic acids is 1. The monoisotopic (exact) mass is 483 g/mol. The highest BCUT2D eigenvalue weighted by atomic mass is 19.1. The minimum atomic E-state index is -0.860. The van der Waals surface area contributed by atoms with E-state index >= 15 is 0 Å². The zero-order chi connectivity index (χ0) is 24.9. The van der Waals surface area contributed by atoms with Gasteiger partial charge in [0.05, 0.1) is 0 Å². The Bertz CT molecular complexity index is 1030. The first kappa shape index (κ1) is 24.8. The summed E-state index contributed by atoms with van der Waals surface area (Å²) in [4.78, 5) is 31.6. The molecule has 2 saturated heterocycles. The molecule has 0 radical (unpaired) electrons. The third-order valence-electron chi connectivity index (χ3n) is 6.93. The van der Waals surface area contributed by atoms with Crippen LogP contribution in [0.1, 0.15) is 25.3 Å². The van der Waals surface area contributed by atoms with Crippen molar-refractivity contribution in [1.82, 2.24) is 14.7 Å². The maximum absolute atomic E-state index is 13.4. The zero-order valence-corrected chi connectivity index (χ0v) is 20.4. The van der Waals surface area contributed by atoms with Crippen LogP contribution in [0.2, 0.25) is 0 Å². The van der Waals surface area contributed by atoms with Gasteiger partial charge in [-0.15, -0.1) is 0 Å². The van der Waals surface area contributed by atoms with E-state index < -0.39 is 6.09 Å². The Hall–Kier alpha value is -3.33. The summed E-state index contributed by atoms with van der Waals surface area (Å²) in [6.45, 7) is 5.91. The lowest BCUT2D eigenvalue weighted by molar-refractivity contribution is 0.0711. The van der Waals surface area contributed by atoms with Crippen LogP contribution in [0.4, 0.5) is 25.4 Å². The van der Waals surface area contributed by atoms with Gasteiger partial charge in [-0.25, -0.2) is 14.0 Å². The molecule has 2 N–H and O–H groups in total. The third-order valence-corrected chi connectivity index (χ3v) is 6.93. The molecule has 1 atom stereocenters. The molecule has 0 aliphatic carbocycles. The van der Waals surface area contributed by atoms with Gasteiger partial charge in [-0.1, -0.05) is 18.2 Å². The summed E-state index contributed by atoms with van der Waals surface area (Å²) in [6.07, 6.45) is 0.756. The van der Waals surface area contributed by atoms with Crippen LogP contribution >= 0.6 is 0 Å². The van der Waals surface area contributed by atoms with Crippen LogP contribution in [0.15, 0.2) is 48.5 Å². The van der Waals surface area contributed by atoms with Crippen LogP contribution in [0.5, 0.6) is 0 Å². The van der Waals surface area contributed by atoms with Crippen LogP contribution in [-0.2, 0) is 6.54 Å². The van der Waals surface area contributed by atoms with Gasteiger partial charge in [0.25, 0.3) is 0 Å². The molecule has 188 valence electrons. The van der Waals surface area contributed by atoms with Gasteiger partial charge in [0.1, 0.15) is 5.82 Å². The molecule has 3 amide bonds. The van der Waals surface area contributed by atoms with Gasteiger partial charge in [-0.05, 0) is 55.7 Å². The SMILES string of the molecule is C[C@@H]1CN(Cc2ccc(N(C)C(=O)N3CCC(Nc4cccc(F)c4)CC3)cc2)CCN1C(=O)O. The summed E-state index contributed by atoms with van der Waals surface area (Å²) in [6, 6.07) is 14.6. The molecule has 2 aromatic carbocycles. The van der Waals surface area contributed by atoms with E-state index in [4.69, 9.17) is 0 Å². The largest absolute Gasteiger partial charge is 0.465 e. The summed E-state index contributed by atoms with van der Waals surface area (Å²) in [5.41, 5.74) is 2.74. The fraction of sp³-hybridized carbons (Fsp3) is 0.462. The summed E-state index contributed by atoms with van der Waals surface area (Å²) in [5, 5.41) is 12.6. The predicted molar refractivity (Wildman–Crippen MR) is 134 cm³/mol. The molecule has 35 heavy (non-hydrogen) atoms. The van der Waals surface area contributed by atoms with Crippen molar-refractivity contribution in [3.05, 3.63) is 59.9 Å². The number of hydrogen-bond donors (Lipinski definition) is 2. The average molecular weight is 484 g/mol. The Labute approximate surface area is 205 Å². The molecule has 4 rings (SSSR count). The van der Waals surface area contributed by atoms with Gasteiger partial charge >= 0.3 is 12.1 Å². The average Bonchev–Trinajstić information content (AvgIpc) is 2.84. The van der Waals surface area contributed by atoms with Crippen LogP contribution in [0.25, 0.3) is 0 Å². The molecule has 2 aromatic rings. The van der Waals surface area contributed by atoms with Crippen LogP contribution < -0.4 is 10.2 Å². The number of amides is 3. The lowest BCUT2D eigenvalue weighted by Crippen LogP contribution is -2.53. The van der Waals surface area contributed by atoms with Gasteiger partial charge in [-0.2, -0.15) is 0 Å². The highest BCUT2D eigenvalue weighted by Crippen LogP contribution is 2.22. The number of hydrogen-bond acceptors (Lipinski definition) is 4. The highest BCUT2D eigenvalue weighted by Gasteiger charge is 2.28. The minimum absolute atomic E-state index is 0.0272. The first-order valence-electron chi connectivity index (χ1n) is 12.2. The van der Waals surface area contributed by atoms with E-state index in [-0.39, 0.29) is 23.9 Å². The van der Waals surface area contributed by atoms with E-state index in [1.54, 1.807) is 18.0 Å². The van der Waals surface area contributed by atoms with Gasteiger partial charge in [0.15, 0.2) is 0 Å². The lowest BCUT2D eigenvalue weighted by atomic mass is 10.0. The molecule has 0 saturated carbocycles. The first-order chi connectivity index (χ1) is 16.8. The summed E-state index contributed by atoms with van der Waals surface area (Å²) in [7, 11) is 1.79. The first-order valence-corrected chi connectivity index (χ1v) is 12.2. The Balaban J connectivity index is 1.26. The molecule has 2 fully saturated rings. The molecule has 0 unspecified atom stereocenters. The molecule has 2 heterocycles. The molecule has 2 aliphatic heterocycles. The van der Waals surface area contributed by atoms with Crippen molar-refractivity contribution in [1.29, 1.82) is 0 Å². The Morgan fingerprint density at radius 1 is 1.09 bits per heavy atom. The molecule has 8 nitrogen and oxygen atoms in total. The quantitative estimate of drug-likeness (QED) is 0.668. The summed E-state index contributed by atoms with van der Waals surface area (Å²) < 4.78 is 13.4. The second kappa shape index (κ2) is 10.9. The number of piperidine rings is 1. The zero-order valence-electron chi connectivity index (χ0n) is 20.4. The van der Waals surface area contributed by atoms with Crippen molar-refractivity contribution < 1.29 is 19.1 Å². The van der Waals surface area contributed by atoms with E-state index in [2.05, 4.69) is 10.2 Å². The van der Waals surface area contributed by atoms with Gasteiger partial charge in [-0.3, -0.25) is 9.80 Å². The number of likely N-dealkylation sites (tertiary alicyclic amines) is 1. The fourth-order valence-electron chi connectivity index (χ4n) is 4.90. The second-order valence-electron chi connectivity index (χ2n) is 9.48. The third kappa shape index (κ3) is 6.22. The number of anilines is 2. The van der Waals surface area contributed by atoms with E-state index in [9.17, 15) is 19.1 Å². The highest BCUT2D eigenvalue weighted by molar-refractivity contribution is 5.91. The normalized spacial score (nSPS) is 19.5. The fourth-order valence-corrected chi connectivity index (χ4v) is 4.90. The van der Waals surface area contributed by atoms with Crippen molar-refractivity contribution in [3.63, 3.8) is 0 Å². The minimum Gasteiger partial charge on any atom is -0.465 e. The van der Waals surface area contributed by atoms with Crippen LogP contribution in [-0.4, -0.2) is 83.8 Å². The number of carbonyl (C=O) groups is 2. The molecule has 2 aliphatic rings. The van der Waals surface area contributed by atoms with E-state index in [1.807, 2.05) is 42.2 Å². The van der Waals surface area contributed by atoms with Crippen molar-refractivity contribution in [2.45, 2.75) is 38.4 Å². The van der Waals surface area contributed by atoms with E-state index in [1.165, 1.54) is 17.0 Å². The summed E-state index contributed by atoms with van der Waals surface area (Å²) in [5.74, 6) is -0.259. The molecule has 0 spiro atoms. The Kier molecular flexibility index (Phi) is 7.75. The molecular formula is C26H34FN5O3. The van der Waals surface area contributed by atoms with Crippen molar-refractivity contribution >= 4 is 23.5 Å². The number of carboxylic acid groups (broad SMARTS) is 1. The number of urea groups is 1. The Morgan fingerprint density at radius 2 is 1.80 bits per heavy atom. The standard InChI is InChI=1S/C26H34FN5O3/c1-19-17-30(14-15-32(19)26(34)35)18-20-6-8-24(9-7-20)29(2)25(33)31-12-10-22(11-13-31)28-23-5-3-4-21(27)16-23/h3-9,16,19,22,28H,10-15,17-18H2,1-2H3,(H,34,35)/t19-/m1/s1. The van der Waals surface area contributed by atoms with Crippen molar-refractivity contribution in [3.8, 4) is 0 Å². The smallest absolute Gasteiger partial charge is 0.407 e. The lowest BCUT2D eigenvalue weighted by Gasteiger charge is -2.38. The number of nitrogens with one attached hydrogen (secondary N) is 1. The Morgan fingerprint density at radius 3 is 2.43 bits per heavy atom. The predicted octanol–water partition coefficient (Wildman–Crippen LogP) is 4.14. The molecule has 0 bridgehead atoms. The molecule has 9 heteroatoms. The number of halogens is 1. The van der Waals surface area contributed by atoms with Gasteiger partial charge in [0.2, 0.25) is 0 Å². The maximum atomic E-state index is 13.4. The summed E-state index contributed by atoms with van der Waals surface area (Å²) >= 11 is 0. The molecular weight excluding hydrogens is 449 g/mol. The number of piperazine rings is 1. The molecule has 0 aromatic heterocycles. The van der Waals surface area contributed by atoms with Crippen LogP contribution in [0, 0.1) is 5.82 Å².